The fourth-order valence-corrected chi connectivity index (χ4v) is 1.43. The third-order valence-corrected chi connectivity index (χ3v) is 2.19. The van der Waals surface area contributed by atoms with Crippen molar-refractivity contribution in [2.24, 2.45) is 5.73 Å². The van der Waals surface area contributed by atoms with Crippen LogP contribution >= 0.6 is 0 Å². The van der Waals surface area contributed by atoms with Crippen LogP contribution in [0.25, 0.3) is 5.82 Å². The van der Waals surface area contributed by atoms with E-state index in [0.29, 0.717) is 11.5 Å². The maximum Gasteiger partial charge on any atom is 0.225 e. The van der Waals surface area contributed by atoms with Crippen LogP contribution in [0, 0.1) is 0 Å². The molecule has 1 unspecified atom stereocenters. The molecular formula is C11H14N6O. The van der Waals surface area contributed by atoms with Gasteiger partial charge in [-0.25, -0.2) is 14.6 Å². The summed E-state index contributed by atoms with van der Waals surface area (Å²) in [5.41, 5.74) is 6.17. The van der Waals surface area contributed by atoms with Crippen molar-refractivity contribution in [2.75, 3.05) is 5.32 Å². The van der Waals surface area contributed by atoms with E-state index in [1.54, 1.807) is 31.6 Å². The molecule has 7 heteroatoms. The second-order valence-electron chi connectivity index (χ2n) is 3.97. The average Bonchev–Trinajstić information content (AvgIpc) is 2.82. The van der Waals surface area contributed by atoms with Crippen molar-refractivity contribution in [3.05, 3.63) is 31.0 Å². The number of rotatable bonds is 4. The molecule has 3 N–H and O–H groups in total. The number of hydrogen-bond acceptors (Lipinski definition) is 5. The van der Waals surface area contributed by atoms with Crippen molar-refractivity contribution < 1.29 is 4.79 Å². The Labute approximate surface area is 104 Å². The van der Waals surface area contributed by atoms with Crippen molar-refractivity contribution in [3.8, 4) is 5.82 Å². The number of nitrogens with zero attached hydrogens (tertiary/aromatic N) is 4. The van der Waals surface area contributed by atoms with Crippen molar-refractivity contribution in [1.82, 2.24) is 19.7 Å². The normalized spacial score (nSPS) is 12.1. The quantitative estimate of drug-likeness (QED) is 0.810. The molecule has 1 atom stereocenters. The Morgan fingerprint density at radius 2 is 2.39 bits per heavy atom. The maximum absolute atomic E-state index is 11.5. The lowest BCUT2D eigenvalue weighted by Crippen LogP contribution is -2.24. The first kappa shape index (κ1) is 12.2. The molecule has 2 rings (SSSR count). The topological polar surface area (TPSA) is 98.7 Å². The largest absolute Gasteiger partial charge is 0.327 e. The zero-order valence-corrected chi connectivity index (χ0v) is 9.95. The van der Waals surface area contributed by atoms with Gasteiger partial charge >= 0.3 is 0 Å². The molecule has 0 radical (unpaired) electrons. The van der Waals surface area contributed by atoms with E-state index in [9.17, 15) is 4.79 Å². The molecule has 2 heterocycles. The molecule has 0 aliphatic carbocycles. The van der Waals surface area contributed by atoms with Crippen LogP contribution in [0.3, 0.4) is 0 Å². The van der Waals surface area contributed by atoms with Crippen LogP contribution in [0.1, 0.15) is 13.3 Å². The number of amides is 1. The maximum atomic E-state index is 11.5. The number of aromatic nitrogens is 4. The van der Waals surface area contributed by atoms with Gasteiger partial charge in [0.2, 0.25) is 5.91 Å². The Morgan fingerprint density at radius 1 is 1.56 bits per heavy atom. The van der Waals surface area contributed by atoms with Crippen molar-refractivity contribution in [3.63, 3.8) is 0 Å². The molecule has 7 nitrogen and oxygen atoms in total. The zero-order chi connectivity index (χ0) is 13.0. The van der Waals surface area contributed by atoms with E-state index in [2.05, 4.69) is 20.4 Å². The molecule has 0 aliphatic rings. The van der Waals surface area contributed by atoms with Crippen LogP contribution < -0.4 is 11.1 Å². The first-order valence-electron chi connectivity index (χ1n) is 5.51. The van der Waals surface area contributed by atoms with Crippen molar-refractivity contribution in [2.45, 2.75) is 19.4 Å². The minimum Gasteiger partial charge on any atom is -0.327 e. The summed E-state index contributed by atoms with van der Waals surface area (Å²) in [4.78, 5) is 19.5. The standard InChI is InChI=1S/C11H14N6O/c1-8(12)4-11(18)16-9-2-3-10(14-5-9)17-7-13-6-15-17/h2-3,5-8H,4,12H2,1H3,(H,16,18). The van der Waals surface area contributed by atoms with Crippen molar-refractivity contribution in [1.29, 1.82) is 0 Å². The Kier molecular flexibility index (Phi) is 3.63. The van der Waals surface area contributed by atoms with Gasteiger partial charge in [0.15, 0.2) is 5.82 Å². The molecule has 1 amide bonds. The number of pyridine rings is 1. The van der Waals surface area contributed by atoms with E-state index in [4.69, 9.17) is 5.73 Å². The summed E-state index contributed by atoms with van der Waals surface area (Å²) in [7, 11) is 0. The van der Waals surface area contributed by atoms with Gasteiger partial charge in [-0.2, -0.15) is 5.10 Å². The Hall–Kier alpha value is -2.28. The molecule has 0 saturated carbocycles. The Bertz CT molecular complexity index is 505. The molecule has 0 fully saturated rings. The molecule has 18 heavy (non-hydrogen) atoms. The van der Waals surface area contributed by atoms with Crippen LogP contribution in [0.5, 0.6) is 0 Å². The molecule has 0 spiro atoms. The number of carbonyl (C=O) groups excluding carboxylic acids is 1. The monoisotopic (exact) mass is 246 g/mol. The number of nitrogens with two attached hydrogens (primary N) is 1. The van der Waals surface area contributed by atoms with Gasteiger partial charge in [0.25, 0.3) is 0 Å². The summed E-state index contributed by atoms with van der Waals surface area (Å²) < 4.78 is 1.54. The highest BCUT2D eigenvalue weighted by Gasteiger charge is 2.06. The van der Waals surface area contributed by atoms with Gasteiger partial charge in [-0.05, 0) is 19.1 Å². The molecule has 94 valence electrons. The number of nitrogens with one attached hydrogen (secondary N) is 1. The Balaban J connectivity index is 2.02. The van der Waals surface area contributed by atoms with E-state index in [1.807, 2.05) is 0 Å². The fourth-order valence-electron chi connectivity index (χ4n) is 1.43. The van der Waals surface area contributed by atoms with Crippen LogP contribution in [0.4, 0.5) is 5.69 Å². The summed E-state index contributed by atoms with van der Waals surface area (Å²) in [6.45, 7) is 1.78. The predicted octanol–water partition coefficient (Wildman–Crippen LogP) is 0.338. The third-order valence-electron chi connectivity index (χ3n) is 2.19. The molecule has 2 aromatic rings. The second-order valence-corrected chi connectivity index (χ2v) is 3.97. The van der Waals surface area contributed by atoms with E-state index in [0.717, 1.165) is 0 Å². The number of anilines is 1. The van der Waals surface area contributed by atoms with Gasteiger partial charge in [-0.1, -0.05) is 0 Å². The minimum absolute atomic E-state index is 0.125. The fraction of sp³-hybridized carbons (Fsp3) is 0.273. The van der Waals surface area contributed by atoms with Gasteiger partial charge in [-0.3, -0.25) is 4.79 Å². The van der Waals surface area contributed by atoms with Gasteiger partial charge in [0.1, 0.15) is 12.7 Å². The highest BCUT2D eigenvalue weighted by atomic mass is 16.1. The summed E-state index contributed by atoms with van der Waals surface area (Å²) in [6.07, 6.45) is 4.83. The molecule has 0 bridgehead atoms. The van der Waals surface area contributed by atoms with Crippen molar-refractivity contribution >= 4 is 11.6 Å². The molecule has 0 aromatic carbocycles. The van der Waals surface area contributed by atoms with Gasteiger partial charge < -0.3 is 11.1 Å². The highest BCUT2D eigenvalue weighted by molar-refractivity contribution is 5.90. The average molecular weight is 246 g/mol. The molecule has 2 aromatic heterocycles. The van der Waals surface area contributed by atoms with Gasteiger partial charge in [0.05, 0.1) is 11.9 Å². The molecular weight excluding hydrogens is 232 g/mol. The van der Waals surface area contributed by atoms with Crippen LogP contribution in [0.15, 0.2) is 31.0 Å². The van der Waals surface area contributed by atoms with Gasteiger partial charge in [0, 0.05) is 12.5 Å². The number of carbonyl (C=O) groups is 1. The summed E-state index contributed by atoms with van der Waals surface area (Å²) in [6, 6.07) is 3.34. The van der Waals surface area contributed by atoms with Crippen LogP contribution in [-0.2, 0) is 4.79 Å². The van der Waals surface area contributed by atoms with E-state index in [-0.39, 0.29) is 18.4 Å². The van der Waals surface area contributed by atoms with Crippen LogP contribution in [0.2, 0.25) is 0 Å². The smallest absolute Gasteiger partial charge is 0.225 e. The molecule has 0 saturated heterocycles. The summed E-state index contributed by atoms with van der Waals surface area (Å²) in [5.74, 6) is 0.512. The summed E-state index contributed by atoms with van der Waals surface area (Å²) in [5, 5.41) is 6.67. The van der Waals surface area contributed by atoms with E-state index < -0.39 is 0 Å². The Morgan fingerprint density at radius 3 is 2.94 bits per heavy atom. The second kappa shape index (κ2) is 5.37. The van der Waals surface area contributed by atoms with Crippen LogP contribution in [-0.4, -0.2) is 31.7 Å². The highest BCUT2D eigenvalue weighted by Crippen LogP contribution is 2.09. The van der Waals surface area contributed by atoms with E-state index >= 15 is 0 Å². The SMILES string of the molecule is CC(N)CC(=O)Nc1ccc(-n2cncn2)nc1. The first-order valence-corrected chi connectivity index (χ1v) is 5.51. The number of hydrogen-bond donors (Lipinski definition) is 2. The third kappa shape index (κ3) is 3.11. The first-order chi connectivity index (χ1) is 8.65. The van der Waals surface area contributed by atoms with Gasteiger partial charge in [-0.15, -0.1) is 0 Å². The lowest BCUT2D eigenvalue weighted by atomic mass is 10.2. The summed E-state index contributed by atoms with van der Waals surface area (Å²) >= 11 is 0. The lowest BCUT2D eigenvalue weighted by molar-refractivity contribution is -0.116. The van der Waals surface area contributed by atoms with E-state index in [1.165, 1.54) is 11.0 Å². The minimum atomic E-state index is -0.160. The lowest BCUT2D eigenvalue weighted by Gasteiger charge is -2.07. The predicted molar refractivity (Wildman–Crippen MR) is 66.1 cm³/mol. The molecule has 0 aliphatic heterocycles. The zero-order valence-electron chi connectivity index (χ0n) is 9.95.